The maximum atomic E-state index is 12.8. The number of amides is 1. The lowest BCUT2D eigenvalue weighted by atomic mass is 9.93. The Bertz CT molecular complexity index is 1450. The third-order valence-corrected chi connectivity index (χ3v) is 8.73. The average Bonchev–Trinajstić information content (AvgIpc) is 3.34. The monoisotopic (exact) mass is 540 g/mol. The predicted molar refractivity (Wildman–Crippen MR) is 141 cm³/mol. The number of aromatic nitrogens is 2. The lowest BCUT2D eigenvalue weighted by Gasteiger charge is -2.42. The molecule has 35 heavy (non-hydrogen) atoms. The van der Waals surface area contributed by atoms with Crippen molar-refractivity contribution < 1.29 is 9.53 Å². The third-order valence-electron chi connectivity index (χ3n) is 6.03. The van der Waals surface area contributed by atoms with E-state index in [0.717, 1.165) is 31.7 Å². The molecule has 4 aromatic rings. The van der Waals surface area contributed by atoms with Gasteiger partial charge in [-0.1, -0.05) is 65.0 Å². The molecular weight excluding hydrogens is 523 g/mol. The van der Waals surface area contributed by atoms with Gasteiger partial charge in [-0.15, -0.1) is 21.8 Å². The summed E-state index contributed by atoms with van der Waals surface area (Å²) in [5.41, 5.74) is 2.94. The summed E-state index contributed by atoms with van der Waals surface area (Å²) in [6, 6.07) is 21.4. The Labute approximate surface area is 220 Å². The summed E-state index contributed by atoms with van der Waals surface area (Å²) in [5, 5.41) is 10.1. The van der Waals surface area contributed by atoms with Crippen molar-refractivity contribution in [2.45, 2.75) is 27.8 Å². The van der Waals surface area contributed by atoms with E-state index < -0.39 is 5.38 Å². The maximum absolute atomic E-state index is 12.8. The summed E-state index contributed by atoms with van der Waals surface area (Å²) in [7, 11) is 1.61. The van der Waals surface area contributed by atoms with E-state index in [1.165, 1.54) is 11.3 Å². The van der Waals surface area contributed by atoms with Crippen LogP contribution in [0.5, 0.6) is 5.75 Å². The molecule has 1 fully saturated rings. The van der Waals surface area contributed by atoms with Crippen molar-refractivity contribution in [3.8, 4) is 5.75 Å². The fraction of sp³-hybridized carbons (Fsp3) is 0.160. The standard InChI is InChI=1S/C25H18Cl2N4O2S2/c1-33-18-8-4-2-6-15(18)23-22(27)24(32)31(23)25-29-28-21(35-25)13-30-16-7-3-5-9-19(16)34-20-11-10-14(26)12-17(20)30/h2-12,22-23H,13H2,1H3. The number of carbonyl (C=O) groups is 1. The molecule has 2 aliphatic heterocycles. The average molecular weight is 541 g/mol. The first-order valence-electron chi connectivity index (χ1n) is 10.8. The fourth-order valence-corrected chi connectivity index (χ4v) is 6.85. The number of benzene rings is 3. The smallest absolute Gasteiger partial charge is 0.250 e. The van der Waals surface area contributed by atoms with E-state index in [4.69, 9.17) is 27.9 Å². The molecule has 0 spiro atoms. The van der Waals surface area contributed by atoms with Gasteiger partial charge in [0.2, 0.25) is 11.0 Å². The SMILES string of the molecule is COc1ccccc1C1C(Cl)C(=O)N1c1nnc(CN2c3ccccc3Sc3ccc(Cl)cc32)s1. The van der Waals surface area contributed by atoms with Crippen LogP contribution in [-0.2, 0) is 11.3 Å². The van der Waals surface area contributed by atoms with Crippen LogP contribution in [0.25, 0.3) is 0 Å². The molecule has 3 aromatic carbocycles. The van der Waals surface area contributed by atoms with Gasteiger partial charge in [-0.3, -0.25) is 9.69 Å². The quantitative estimate of drug-likeness (QED) is 0.207. The zero-order valence-electron chi connectivity index (χ0n) is 18.4. The molecule has 0 radical (unpaired) electrons. The Morgan fingerprint density at radius 2 is 1.77 bits per heavy atom. The van der Waals surface area contributed by atoms with Gasteiger partial charge in [0.1, 0.15) is 16.1 Å². The van der Waals surface area contributed by atoms with Crippen molar-refractivity contribution in [2.24, 2.45) is 0 Å². The summed E-state index contributed by atoms with van der Waals surface area (Å²) in [6.45, 7) is 0.494. The first-order valence-corrected chi connectivity index (χ1v) is 13.3. The minimum absolute atomic E-state index is 0.192. The van der Waals surface area contributed by atoms with Crippen LogP contribution in [0.15, 0.2) is 76.5 Å². The first-order chi connectivity index (χ1) is 17.0. The Hall–Kier alpha value is -2.78. The van der Waals surface area contributed by atoms with Crippen LogP contribution in [0, 0.1) is 0 Å². The number of nitrogens with zero attached hydrogens (tertiary/aromatic N) is 4. The van der Waals surface area contributed by atoms with Crippen LogP contribution in [0.1, 0.15) is 16.6 Å². The minimum Gasteiger partial charge on any atom is -0.496 e. The second-order valence-electron chi connectivity index (χ2n) is 8.04. The summed E-state index contributed by atoms with van der Waals surface area (Å²) < 4.78 is 5.50. The highest BCUT2D eigenvalue weighted by molar-refractivity contribution is 7.99. The first kappa shape index (κ1) is 22.7. The molecule has 0 saturated carbocycles. The highest BCUT2D eigenvalue weighted by Crippen LogP contribution is 2.50. The molecule has 0 bridgehead atoms. The lowest BCUT2D eigenvalue weighted by molar-refractivity contribution is -0.123. The topological polar surface area (TPSA) is 58.6 Å². The fourth-order valence-electron chi connectivity index (χ4n) is 4.39. The molecule has 0 N–H and O–H groups in total. The zero-order valence-corrected chi connectivity index (χ0v) is 21.5. The normalized spacial score (nSPS) is 18.7. The van der Waals surface area contributed by atoms with Gasteiger partial charge in [0, 0.05) is 20.4 Å². The van der Waals surface area contributed by atoms with Gasteiger partial charge in [-0.2, -0.15) is 0 Å². The van der Waals surface area contributed by atoms with E-state index in [1.807, 2.05) is 54.6 Å². The van der Waals surface area contributed by atoms with Gasteiger partial charge in [0.15, 0.2) is 0 Å². The molecule has 176 valence electrons. The number of carbonyl (C=O) groups excluding carboxylic acids is 1. The third kappa shape index (κ3) is 3.85. The number of rotatable bonds is 5. The molecule has 6 rings (SSSR count). The summed E-state index contributed by atoms with van der Waals surface area (Å²) >= 11 is 15.9. The van der Waals surface area contributed by atoms with Gasteiger partial charge >= 0.3 is 0 Å². The van der Waals surface area contributed by atoms with Crippen LogP contribution in [0.3, 0.4) is 0 Å². The second kappa shape index (κ2) is 9.02. The van der Waals surface area contributed by atoms with E-state index in [-0.39, 0.29) is 11.9 Å². The molecule has 1 aromatic heterocycles. The van der Waals surface area contributed by atoms with Crippen molar-refractivity contribution >= 4 is 68.7 Å². The predicted octanol–water partition coefficient (Wildman–Crippen LogP) is 6.70. The highest BCUT2D eigenvalue weighted by Gasteiger charge is 2.50. The maximum Gasteiger partial charge on any atom is 0.250 e. The number of hydrogen-bond acceptors (Lipinski definition) is 7. The van der Waals surface area contributed by atoms with E-state index in [2.05, 4.69) is 27.2 Å². The number of ether oxygens (including phenoxy) is 1. The van der Waals surface area contributed by atoms with Crippen LogP contribution in [-0.4, -0.2) is 28.6 Å². The number of alkyl halides is 1. The van der Waals surface area contributed by atoms with E-state index in [0.29, 0.717) is 22.4 Å². The number of fused-ring (bicyclic) bond motifs is 2. The van der Waals surface area contributed by atoms with Crippen LogP contribution in [0.2, 0.25) is 5.02 Å². The Kier molecular flexibility index (Phi) is 5.84. The largest absolute Gasteiger partial charge is 0.496 e. The zero-order chi connectivity index (χ0) is 24.1. The van der Waals surface area contributed by atoms with Gasteiger partial charge in [0.25, 0.3) is 0 Å². The van der Waals surface area contributed by atoms with E-state index in [1.54, 1.807) is 23.8 Å². The van der Waals surface area contributed by atoms with Gasteiger partial charge in [-0.05, 0) is 36.4 Å². The van der Waals surface area contributed by atoms with Crippen molar-refractivity contribution in [3.63, 3.8) is 0 Å². The number of β-lactam (4-membered cyclic amide) rings is 1. The van der Waals surface area contributed by atoms with Crippen LogP contribution >= 0.6 is 46.3 Å². The van der Waals surface area contributed by atoms with Crippen molar-refractivity contribution in [3.05, 3.63) is 82.3 Å². The number of para-hydroxylation sites is 2. The Balaban J connectivity index is 1.33. The molecule has 2 aliphatic rings. The number of halogens is 2. The molecule has 0 aliphatic carbocycles. The number of anilines is 3. The Morgan fingerprint density at radius 1 is 1.00 bits per heavy atom. The molecule has 1 saturated heterocycles. The second-order valence-corrected chi connectivity index (χ2v) is 11.1. The lowest BCUT2D eigenvalue weighted by Crippen LogP contribution is -2.56. The number of hydrogen-bond donors (Lipinski definition) is 0. The highest BCUT2D eigenvalue weighted by atomic mass is 35.5. The molecule has 6 nitrogen and oxygen atoms in total. The minimum atomic E-state index is -0.682. The van der Waals surface area contributed by atoms with Crippen molar-refractivity contribution in [2.75, 3.05) is 16.9 Å². The van der Waals surface area contributed by atoms with Gasteiger partial charge < -0.3 is 9.64 Å². The van der Waals surface area contributed by atoms with Crippen LogP contribution in [0.4, 0.5) is 16.5 Å². The molecule has 3 heterocycles. The summed E-state index contributed by atoms with van der Waals surface area (Å²) in [5.74, 6) is 0.489. The van der Waals surface area contributed by atoms with Crippen LogP contribution < -0.4 is 14.5 Å². The molecular formula is C25H18Cl2N4O2S2. The summed E-state index contributed by atoms with van der Waals surface area (Å²) in [6.07, 6.45) is 0. The molecule has 1 amide bonds. The van der Waals surface area contributed by atoms with Gasteiger partial charge in [0.05, 0.1) is 31.1 Å². The van der Waals surface area contributed by atoms with E-state index >= 15 is 0 Å². The Morgan fingerprint density at radius 3 is 2.63 bits per heavy atom. The molecule has 2 unspecified atom stereocenters. The van der Waals surface area contributed by atoms with Crippen molar-refractivity contribution in [1.82, 2.24) is 10.2 Å². The number of methoxy groups -OCH3 is 1. The summed E-state index contributed by atoms with van der Waals surface area (Å²) in [4.78, 5) is 18.9. The molecule has 2 atom stereocenters. The molecule has 10 heteroatoms. The van der Waals surface area contributed by atoms with Gasteiger partial charge in [-0.25, -0.2) is 0 Å². The van der Waals surface area contributed by atoms with Crippen molar-refractivity contribution in [1.29, 1.82) is 0 Å². The van der Waals surface area contributed by atoms with E-state index in [9.17, 15) is 4.79 Å².